The molecule has 0 aliphatic rings. The third kappa shape index (κ3) is 4.32. The molecule has 0 atom stereocenters. The third-order valence-electron chi connectivity index (χ3n) is 2.77. The van der Waals surface area contributed by atoms with Gasteiger partial charge in [-0.3, -0.25) is 0 Å². The van der Waals surface area contributed by atoms with E-state index in [2.05, 4.69) is 6.58 Å². The van der Waals surface area contributed by atoms with E-state index in [4.69, 9.17) is 21.1 Å². The highest BCUT2D eigenvalue weighted by atomic mass is 35.5. The molecule has 0 saturated carbocycles. The molecule has 2 aromatic carbocycles. The second-order valence-corrected chi connectivity index (χ2v) is 4.66. The summed E-state index contributed by atoms with van der Waals surface area (Å²) in [6, 6.07) is 15.3. The fourth-order valence-electron chi connectivity index (χ4n) is 1.69. The van der Waals surface area contributed by atoms with Crippen molar-refractivity contribution < 1.29 is 9.47 Å². The summed E-state index contributed by atoms with van der Waals surface area (Å²) in [5.41, 5.74) is 1.08. The lowest BCUT2D eigenvalue weighted by Crippen LogP contribution is -2.05. The average molecular weight is 289 g/mol. The average Bonchev–Trinajstić information content (AvgIpc) is 2.49. The van der Waals surface area contributed by atoms with Crippen molar-refractivity contribution >= 4 is 17.7 Å². The molecule has 0 heterocycles. The molecule has 2 nitrogen and oxygen atoms in total. The molecule has 0 aromatic heterocycles. The molecule has 0 amide bonds. The fraction of sp³-hybridized carbons (Fsp3) is 0.176. The quantitative estimate of drug-likeness (QED) is 0.679. The largest absolute Gasteiger partial charge is 0.493 e. The third-order valence-corrected chi connectivity index (χ3v) is 3.08. The highest BCUT2D eigenvalue weighted by Crippen LogP contribution is 2.23. The lowest BCUT2D eigenvalue weighted by atomic mass is 10.2. The normalized spacial score (nSPS) is 10.1. The SMILES string of the molecule is C=Cc1ccc(OCCCOc2ccccc2Cl)cc1. The minimum absolute atomic E-state index is 0.578. The van der Waals surface area contributed by atoms with Crippen molar-refractivity contribution in [2.45, 2.75) is 6.42 Å². The monoisotopic (exact) mass is 288 g/mol. The molecule has 20 heavy (non-hydrogen) atoms. The molecule has 0 bridgehead atoms. The first-order valence-corrected chi connectivity index (χ1v) is 6.90. The van der Waals surface area contributed by atoms with E-state index in [1.54, 1.807) is 6.08 Å². The van der Waals surface area contributed by atoms with Crippen molar-refractivity contribution in [1.82, 2.24) is 0 Å². The van der Waals surface area contributed by atoms with Crippen LogP contribution >= 0.6 is 11.6 Å². The molecule has 2 rings (SSSR count). The molecule has 0 spiro atoms. The number of benzene rings is 2. The smallest absolute Gasteiger partial charge is 0.137 e. The Kier molecular flexibility index (Phi) is 5.51. The van der Waals surface area contributed by atoms with E-state index in [0.29, 0.717) is 24.0 Å². The summed E-state index contributed by atoms with van der Waals surface area (Å²) >= 11 is 6.00. The summed E-state index contributed by atoms with van der Waals surface area (Å²) in [5, 5.41) is 0.633. The number of halogens is 1. The second kappa shape index (κ2) is 7.61. The van der Waals surface area contributed by atoms with Gasteiger partial charge < -0.3 is 9.47 Å². The second-order valence-electron chi connectivity index (χ2n) is 4.25. The van der Waals surface area contributed by atoms with Crippen LogP contribution in [0.2, 0.25) is 5.02 Å². The van der Waals surface area contributed by atoms with Crippen LogP contribution in [0.4, 0.5) is 0 Å². The van der Waals surface area contributed by atoms with Crippen molar-refractivity contribution in [2.75, 3.05) is 13.2 Å². The van der Waals surface area contributed by atoms with Gasteiger partial charge in [-0.1, -0.05) is 48.5 Å². The zero-order valence-corrected chi connectivity index (χ0v) is 12.0. The minimum Gasteiger partial charge on any atom is -0.493 e. The van der Waals surface area contributed by atoms with E-state index in [1.165, 1.54) is 0 Å². The lowest BCUT2D eigenvalue weighted by Gasteiger charge is -2.09. The molecule has 0 radical (unpaired) electrons. The molecule has 0 saturated heterocycles. The van der Waals surface area contributed by atoms with E-state index in [1.807, 2.05) is 48.5 Å². The Morgan fingerprint density at radius 2 is 1.65 bits per heavy atom. The van der Waals surface area contributed by atoms with Crippen LogP contribution < -0.4 is 9.47 Å². The molecule has 104 valence electrons. The van der Waals surface area contributed by atoms with Gasteiger partial charge in [0.1, 0.15) is 11.5 Å². The molecule has 0 aliphatic heterocycles. The summed E-state index contributed by atoms with van der Waals surface area (Å²) in [6.45, 7) is 4.90. The fourth-order valence-corrected chi connectivity index (χ4v) is 1.88. The topological polar surface area (TPSA) is 18.5 Å². The predicted molar refractivity (Wildman–Crippen MR) is 83.6 cm³/mol. The molecule has 0 unspecified atom stereocenters. The van der Waals surface area contributed by atoms with Gasteiger partial charge in [0.25, 0.3) is 0 Å². The number of ether oxygens (including phenoxy) is 2. The Morgan fingerprint density at radius 1 is 0.950 bits per heavy atom. The minimum atomic E-state index is 0.578. The van der Waals surface area contributed by atoms with Gasteiger partial charge in [0.05, 0.1) is 18.2 Å². The first-order valence-electron chi connectivity index (χ1n) is 6.52. The Balaban J connectivity index is 1.68. The van der Waals surface area contributed by atoms with E-state index in [9.17, 15) is 0 Å². The van der Waals surface area contributed by atoms with Crippen LogP contribution in [-0.2, 0) is 0 Å². The Bertz CT molecular complexity index is 549. The molecule has 2 aromatic rings. The molecular formula is C17H17ClO2. The summed E-state index contributed by atoms with van der Waals surface area (Å²) in [4.78, 5) is 0. The summed E-state index contributed by atoms with van der Waals surface area (Å²) in [7, 11) is 0. The number of hydrogen-bond acceptors (Lipinski definition) is 2. The van der Waals surface area contributed by atoms with Crippen LogP contribution in [0.5, 0.6) is 11.5 Å². The number of para-hydroxylation sites is 1. The van der Waals surface area contributed by atoms with Crippen LogP contribution in [0.15, 0.2) is 55.1 Å². The maximum absolute atomic E-state index is 6.00. The van der Waals surface area contributed by atoms with Crippen molar-refractivity contribution in [3.05, 3.63) is 65.7 Å². The Hall–Kier alpha value is -1.93. The van der Waals surface area contributed by atoms with Gasteiger partial charge in [-0.05, 0) is 29.8 Å². The molecule has 3 heteroatoms. The van der Waals surface area contributed by atoms with Gasteiger partial charge in [0, 0.05) is 6.42 Å². The summed E-state index contributed by atoms with van der Waals surface area (Å²) < 4.78 is 11.2. The maximum Gasteiger partial charge on any atom is 0.137 e. The zero-order chi connectivity index (χ0) is 14.2. The first-order chi connectivity index (χ1) is 9.79. The van der Waals surface area contributed by atoms with E-state index < -0.39 is 0 Å². The van der Waals surface area contributed by atoms with Crippen LogP contribution in [0.1, 0.15) is 12.0 Å². The van der Waals surface area contributed by atoms with Gasteiger partial charge >= 0.3 is 0 Å². The molecular weight excluding hydrogens is 272 g/mol. The Morgan fingerprint density at radius 3 is 2.35 bits per heavy atom. The van der Waals surface area contributed by atoms with E-state index in [-0.39, 0.29) is 0 Å². The summed E-state index contributed by atoms with van der Waals surface area (Å²) in [5.74, 6) is 1.57. The van der Waals surface area contributed by atoms with Crippen molar-refractivity contribution in [1.29, 1.82) is 0 Å². The maximum atomic E-state index is 6.00. The predicted octanol–water partition coefficient (Wildman–Crippen LogP) is 4.83. The number of rotatable bonds is 7. The van der Waals surface area contributed by atoms with Gasteiger partial charge in [-0.2, -0.15) is 0 Å². The van der Waals surface area contributed by atoms with Gasteiger partial charge in [-0.15, -0.1) is 0 Å². The molecule has 0 fully saturated rings. The first kappa shape index (κ1) is 14.5. The van der Waals surface area contributed by atoms with Crippen LogP contribution in [0.25, 0.3) is 6.08 Å². The van der Waals surface area contributed by atoms with Crippen molar-refractivity contribution in [3.8, 4) is 11.5 Å². The van der Waals surface area contributed by atoms with Crippen molar-refractivity contribution in [2.24, 2.45) is 0 Å². The van der Waals surface area contributed by atoms with Crippen LogP contribution in [-0.4, -0.2) is 13.2 Å². The van der Waals surface area contributed by atoms with Crippen LogP contribution in [0, 0.1) is 0 Å². The highest BCUT2D eigenvalue weighted by molar-refractivity contribution is 6.32. The molecule has 0 aliphatic carbocycles. The lowest BCUT2D eigenvalue weighted by molar-refractivity contribution is 0.247. The summed E-state index contributed by atoms with van der Waals surface area (Å²) in [6.07, 6.45) is 2.61. The zero-order valence-electron chi connectivity index (χ0n) is 11.2. The number of hydrogen-bond donors (Lipinski definition) is 0. The van der Waals surface area contributed by atoms with Gasteiger partial charge in [0.15, 0.2) is 0 Å². The molecule has 0 N–H and O–H groups in total. The Labute approximate surface area is 124 Å². The van der Waals surface area contributed by atoms with E-state index >= 15 is 0 Å². The van der Waals surface area contributed by atoms with Gasteiger partial charge in [-0.25, -0.2) is 0 Å². The standard InChI is InChI=1S/C17H17ClO2/c1-2-14-8-10-15(11-9-14)19-12-5-13-20-17-7-4-3-6-16(17)18/h2-4,6-11H,1,5,12-13H2. The van der Waals surface area contributed by atoms with Crippen molar-refractivity contribution in [3.63, 3.8) is 0 Å². The highest BCUT2D eigenvalue weighted by Gasteiger charge is 1.99. The van der Waals surface area contributed by atoms with Gasteiger partial charge in [0.2, 0.25) is 0 Å². The van der Waals surface area contributed by atoms with E-state index in [0.717, 1.165) is 17.7 Å². The van der Waals surface area contributed by atoms with Crippen LogP contribution in [0.3, 0.4) is 0 Å².